The second kappa shape index (κ2) is 8.01. The normalized spacial score (nSPS) is 12.2. The Labute approximate surface area is 145 Å². The molecule has 2 heterocycles. The van der Waals surface area contributed by atoms with E-state index in [0.717, 1.165) is 16.7 Å². The lowest BCUT2D eigenvalue weighted by molar-refractivity contribution is -0.140. The van der Waals surface area contributed by atoms with Crippen molar-refractivity contribution in [3.8, 4) is 0 Å². The van der Waals surface area contributed by atoms with Crippen LogP contribution in [0.4, 0.5) is 13.2 Å². The second-order valence-corrected chi connectivity index (χ2v) is 5.75. The summed E-state index contributed by atoms with van der Waals surface area (Å²) in [5.41, 5.74) is 4.19. The number of carbonyl (C=O) groups is 1. The van der Waals surface area contributed by atoms with Gasteiger partial charge in [0.2, 0.25) is 0 Å². The van der Waals surface area contributed by atoms with Crippen LogP contribution in [0.1, 0.15) is 33.9 Å². The molecule has 1 amide bonds. The molecule has 25 heavy (non-hydrogen) atoms. The largest absolute Gasteiger partial charge is 0.454 e. The number of hydrogen-bond donors (Lipinski definition) is 3. The number of alkyl halides is 3. The zero-order valence-electron chi connectivity index (χ0n) is 13.2. The van der Waals surface area contributed by atoms with Crippen LogP contribution in [0.25, 0.3) is 0 Å². The van der Waals surface area contributed by atoms with Crippen LogP contribution in [-0.2, 0) is 19.3 Å². The maximum Gasteiger partial charge on any atom is 0.434 e. The Kier molecular flexibility index (Phi) is 6.02. The zero-order valence-corrected chi connectivity index (χ0v) is 14.0. The Morgan fingerprint density at radius 3 is 2.72 bits per heavy atom. The summed E-state index contributed by atoms with van der Waals surface area (Å²) < 4.78 is 42.8. The number of nitrogens with zero attached hydrogens (tertiary/aromatic N) is 2. The molecular formula is C14H16F3N5O2S. The van der Waals surface area contributed by atoms with Crippen LogP contribution < -0.4 is 16.4 Å². The fourth-order valence-corrected chi connectivity index (χ4v) is 2.52. The summed E-state index contributed by atoms with van der Waals surface area (Å²) in [6.45, 7) is 2.63. The topological polar surface area (TPSA) is 106 Å². The van der Waals surface area contributed by atoms with E-state index in [4.69, 9.17) is 10.2 Å². The molecule has 0 spiro atoms. The van der Waals surface area contributed by atoms with Gasteiger partial charge in [-0.05, 0) is 19.1 Å². The van der Waals surface area contributed by atoms with E-state index >= 15 is 0 Å². The van der Waals surface area contributed by atoms with E-state index < -0.39 is 17.8 Å². The van der Waals surface area contributed by atoms with Crippen molar-refractivity contribution in [2.75, 3.05) is 6.54 Å². The quantitative estimate of drug-likeness (QED) is 0.530. The van der Waals surface area contributed by atoms with E-state index in [1.54, 1.807) is 6.07 Å². The summed E-state index contributed by atoms with van der Waals surface area (Å²) in [6.07, 6.45) is -4.45. The maximum atomic E-state index is 12.5. The summed E-state index contributed by atoms with van der Waals surface area (Å²) in [6, 6.07) is 3.02. The van der Waals surface area contributed by atoms with Crippen LogP contribution in [0.2, 0.25) is 0 Å². The number of primary amides is 1. The van der Waals surface area contributed by atoms with E-state index in [0.29, 0.717) is 18.3 Å². The lowest BCUT2D eigenvalue weighted by Crippen LogP contribution is -2.36. The third-order valence-corrected chi connectivity index (χ3v) is 3.74. The highest BCUT2D eigenvalue weighted by molar-refractivity contribution is 7.09. The number of thiazole rings is 1. The van der Waals surface area contributed by atoms with Gasteiger partial charge in [0.05, 0.1) is 6.54 Å². The molecule has 4 N–H and O–H groups in total. The minimum atomic E-state index is -4.45. The summed E-state index contributed by atoms with van der Waals surface area (Å²) in [5.74, 6) is 0.165. The highest BCUT2D eigenvalue weighted by atomic mass is 32.1. The van der Waals surface area contributed by atoms with E-state index in [1.165, 1.54) is 6.07 Å². The summed E-state index contributed by atoms with van der Waals surface area (Å²) in [7, 11) is 0. The first-order valence-electron chi connectivity index (χ1n) is 7.22. The standard InChI is InChI=1S/C14H16F3N5O2S/c1-2-19-13(20-5-8-3-4-9(24-8)12(18)23)21-6-11-22-10(7-25-11)14(15,16)17/h3-4,7H,2,5-6H2,1H3,(H2,18,23)(H2,19,20,21). The number of nitrogens with one attached hydrogen (secondary N) is 2. The Balaban J connectivity index is 1.97. The lowest BCUT2D eigenvalue weighted by Gasteiger charge is -2.09. The molecule has 2 aromatic rings. The first-order valence-corrected chi connectivity index (χ1v) is 8.10. The molecule has 0 saturated heterocycles. The monoisotopic (exact) mass is 375 g/mol. The number of amides is 1. The van der Waals surface area contributed by atoms with Gasteiger partial charge in [0, 0.05) is 11.9 Å². The predicted octanol–water partition coefficient (Wildman–Crippen LogP) is 2.11. The van der Waals surface area contributed by atoms with E-state index in [9.17, 15) is 18.0 Å². The maximum absolute atomic E-state index is 12.5. The smallest absolute Gasteiger partial charge is 0.434 e. The van der Waals surface area contributed by atoms with Crippen LogP contribution in [-0.4, -0.2) is 23.4 Å². The number of nitrogens with two attached hydrogens (primary N) is 1. The van der Waals surface area contributed by atoms with Crippen molar-refractivity contribution >= 4 is 23.2 Å². The molecule has 0 aliphatic carbocycles. The van der Waals surface area contributed by atoms with Crippen LogP contribution in [0, 0.1) is 0 Å². The number of furan rings is 1. The number of hydrogen-bond acceptors (Lipinski definition) is 5. The Bertz CT molecular complexity index is 754. The van der Waals surface area contributed by atoms with Crippen molar-refractivity contribution in [3.05, 3.63) is 39.7 Å². The first-order chi connectivity index (χ1) is 11.8. The van der Waals surface area contributed by atoms with Gasteiger partial charge in [-0.3, -0.25) is 4.79 Å². The molecule has 0 unspecified atom stereocenters. The van der Waals surface area contributed by atoms with Crippen LogP contribution in [0.15, 0.2) is 26.9 Å². The van der Waals surface area contributed by atoms with E-state index in [1.807, 2.05) is 6.92 Å². The van der Waals surface area contributed by atoms with Gasteiger partial charge in [-0.15, -0.1) is 11.3 Å². The third-order valence-electron chi connectivity index (χ3n) is 2.89. The summed E-state index contributed by atoms with van der Waals surface area (Å²) in [4.78, 5) is 18.7. The molecule has 0 saturated carbocycles. The molecule has 11 heteroatoms. The highest BCUT2D eigenvalue weighted by Crippen LogP contribution is 2.29. The molecule has 2 rings (SSSR count). The molecule has 0 aliphatic rings. The molecule has 0 aliphatic heterocycles. The number of guanidine groups is 1. The molecule has 7 nitrogen and oxygen atoms in total. The molecule has 0 atom stereocenters. The van der Waals surface area contributed by atoms with Crippen molar-refractivity contribution in [2.24, 2.45) is 10.7 Å². The van der Waals surface area contributed by atoms with Crippen LogP contribution in [0.3, 0.4) is 0 Å². The lowest BCUT2D eigenvalue weighted by atomic mass is 10.4. The Hall–Kier alpha value is -2.56. The average molecular weight is 375 g/mol. The van der Waals surface area contributed by atoms with Gasteiger partial charge < -0.3 is 20.8 Å². The van der Waals surface area contributed by atoms with Gasteiger partial charge in [-0.1, -0.05) is 0 Å². The number of halogens is 3. The zero-order chi connectivity index (χ0) is 18.4. The molecule has 136 valence electrons. The van der Waals surface area contributed by atoms with Crippen molar-refractivity contribution in [2.45, 2.75) is 26.2 Å². The number of aliphatic imine (C=N–C) groups is 1. The number of aromatic nitrogens is 1. The Morgan fingerprint density at radius 2 is 2.16 bits per heavy atom. The molecule has 0 aromatic carbocycles. The van der Waals surface area contributed by atoms with Gasteiger partial charge in [0.15, 0.2) is 17.4 Å². The highest BCUT2D eigenvalue weighted by Gasteiger charge is 2.33. The fraction of sp³-hybridized carbons (Fsp3) is 0.357. The first kappa shape index (κ1) is 18.8. The average Bonchev–Trinajstić information content (AvgIpc) is 3.18. The number of carbonyl (C=O) groups excluding carboxylic acids is 1. The fourth-order valence-electron chi connectivity index (χ4n) is 1.78. The van der Waals surface area contributed by atoms with Gasteiger partial charge in [-0.25, -0.2) is 9.98 Å². The molecular weight excluding hydrogens is 359 g/mol. The van der Waals surface area contributed by atoms with Crippen molar-refractivity contribution < 1.29 is 22.4 Å². The van der Waals surface area contributed by atoms with Gasteiger partial charge >= 0.3 is 6.18 Å². The van der Waals surface area contributed by atoms with Crippen LogP contribution in [0.5, 0.6) is 0 Å². The van der Waals surface area contributed by atoms with E-state index in [2.05, 4.69) is 20.6 Å². The molecule has 2 aromatic heterocycles. The minimum absolute atomic E-state index is 0.0330. The van der Waals surface area contributed by atoms with Gasteiger partial charge in [0.25, 0.3) is 5.91 Å². The van der Waals surface area contributed by atoms with Crippen molar-refractivity contribution in [1.82, 2.24) is 15.6 Å². The van der Waals surface area contributed by atoms with E-state index in [-0.39, 0.29) is 23.9 Å². The van der Waals surface area contributed by atoms with Gasteiger partial charge in [0.1, 0.15) is 17.3 Å². The van der Waals surface area contributed by atoms with Crippen molar-refractivity contribution in [1.29, 1.82) is 0 Å². The minimum Gasteiger partial charge on any atom is -0.454 e. The third kappa shape index (κ3) is 5.48. The number of rotatable bonds is 6. The van der Waals surface area contributed by atoms with Crippen LogP contribution >= 0.6 is 11.3 Å². The molecule has 0 radical (unpaired) electrons. The van der Waals surface area contributed by atoms with Gasteiger partial charge in [-0.2, -0.15) is 13.2 Å². The Morgan fingerprint density at radius 1 is 1.40 bits per heavy atom. The molecule has 0 bridgehead atoms. The summed E-state index contributed by atoms with van der Waals surface area (Å²) in [5, 5.41) is 7.09. The summed E-state index contributed by atoms with van der Waals surface area (Å²) >= 11 is 0.911. The molecule has 0 fully saturated rings. The van der Waals surface area contributed by atoms with Crippen molar-refractivity contribution in [3.63, 3.8) is 0 Å². The second-order valence-electron chi connectivity index (χ2n) is 4.80. The predicted molar refractivity (Wildman–Crippen MR) is 86.0 cm³/mol. The SMILES string of the molecule is CCNC(=NCc1ccc(C(N)=O)o1)NCc1nc(C(F)(F)F)cs1.